The molecule has 1 heterocycles. The van der Waals surface area contributed by atoms with Crippen LogP contribution in [0.4, 0.5) is 5.69 Å². The lowest BCUT2D eigenvalue weighted by atomic mass is 10.0. The summed E-state index contributed by atoms with van der Waals surface area (Å²) in [6, 6.07) is 8.04. The van der Waals surface area contributed by atoms with Gasteiger partial charge in [-0.2, -0.15) is 0 Å². The highest BCUT2D eigenvalue weighted by atomic mass is 16.2. The first kappa shape index (κ1) is 14.1. The zero-order valence-electron chi connectivity index (χ0n) is 12.3. The summed E-state index contributed by atoms with van der Waals surface area (Å²) in [6.07, 6.45) is 5.73. The van der Waals surface area contributed by atoms with Gasteiger partial charge in [0, 0.05) is 31.1 Å². The minimum absolute atomic E-state index is 0.156. The molecule has 21 heavy (non-hydrogen) atoms. The van der Waals surface area contributed by atoms with Crippen molar-refractivity contribution in [2.45, 2.75) is 38.5 Å². The molecular formula is C17H22N2O2. The Morgan fingerprint density at radius 1 is 1.19 bits per heavy atom. The summed E-state index contributed by atoms with van der Waals surface area (Å²) >= 11 is 0. The molecule has 2 amide bonds. The lowest BCUT2D eigenvalue weighted by Crippen LogP contribution is -2.42. The minimum Gasteiger partial charge on any atom is -0.354 e. The lowest BCUT2D eigenvalue weighted by Gasteiger charge is -2.29. The molecule has 0 saturated heterocycles. The Morgan fingerprint density at radius 3 is 2.76 bits per heavy atom. The van der Waals surface area contributed by atoms with E-state index in [9.17, 15) is 9.59 Å². The van der Waals surface area contributed by atoms with Crippen molar-refractivity contribution >= 4 is 17.5 Å². The third kappa shape index (κ3) is 3.09. The molecule has 1 saturated carbocycles. The molecule has 1 N–H and O–H groups in total. The van der Waals surface area contributed by atoms with E-state index in [0.29, 0.717) is 19.5 Å². The lowest BCUT2D eigenvalue weighted by molar-refractivity contribution is -0.125. The Hall–Kier alpha value is -1.84. The van der Waals surface area contributed by atoms with E-state index in [0.717, 1.165) is 37.8 Å². The van der Waals surface area contributed by atoms with Crippen LogP contribution < -0.4 is 10.2 Å². The van der Waals surface area contributed by atoms with Crippen LogP contribution >= 0.6 is 0 Å². The predicted octanol–water partition coefficient (Wildman–Crippen LogP) is 2.27. The first-order chi connectivity index (χ1) is 10.3. The maximum atomic E-state index is 12.1. The van der Waals surface area contributed by atoms with Crippen molar-refractivity contribution in [3.05, 3.63) is 29.8 Å². The molecule has 112 valence electrons. The standard InChI is InChI=1S/C17H22N2O2/c20-16-10-9-13-5-3-4-8-15(13)19(16)12-11-18-17(21)14-6-1-2-7-14/h3-5,8,14H,1-2,6-7,9-12H2,(H,18,21). The number of amides is 2. The third-order valence-corrected chi connectivity index (χ3v) is 4.55. The van der Waals surface area contributed by atoms with Crippen molar-refractivity contribution in [2.75, 3.05) is 18.0 Å². The highest BCUT2D eigenvalue weighted by molar-refractivity contribution is 5.96. The summed E-state index contributed by atoms with van der Waals surface area (Å²) in [4.78, 5) is 25.9. The molecule has 1 aromatic carbocycles. The quantitative estimate of drug-likeness (QED) is 0.923. The first-order valence-electron chi connectivity index (χ1n) is 7.91. The van der Waals surface area contributed by atoms with Gasteiger partial charge in [0.05, 0.1) is 0 Å². The Labute approximate surface area is 125 Å². The molecule has 0 aromatic heterocycles. The SMILES string of the molecule is O=C(NCCN1C(=O)CCc2ccccc21)C1CCCC1. The zero-order valence-corrected chi connectivity index (χ0v) is 12.3. The molecule has 0 spiro atoms. The van der Waals surface area contributed by atoms with Crippen molar-refractivity contribution in [1.29, 1.82) is 0 Å². The van der Waals surface area contributed by atoms with Crippen molar-refractivity contribution in [3.63, 3.8) is 0 Å². The molecular weight excluding hydrogens is 264 g/mol. The van der Waals surface area contributed by atoms with Gasteiger partial charge in [0.2, 0.25) is 11.8 Å². The van der Waals surface area contributed by atoms with E-state index in [1.165, 1.54) is 5.56 Å². The van der Waals surface area contributed by atoms with Crippen molar-refractivity contribution < 1.29 is 9.59 Å². The number of hydrogen-bond donors (Lipinski definition) is 1. The topological polar surface area (TPSA) is 49.4 Å². The number of fused-ring (bicyclic) bond motifs is 1. The number of rotatable bonds is 4. The molecule has 0 atom stereocenters. The molecule has 1 fully saturated rings. The van der Waals surface area contributed by atoms with Gasteiger partial charge < -0.3 is 10.2 Å². The normalized spacial score (nSPS) is 18.7. The summed E-state index contributed by atoms with van der Waals surface area (Å²) in [5.41, 5.74) is 2.23. The van der Waals surface area contributed by atoms with Gasteiger partial charge in [0.25, 0.3) is 0 Å². The summed E-state index contributed by atoms with van der Waals surface area (Å²) < 4.78 is 0. The van der Waals surface area contributed by atoms with Gasteiger partial charge in [-0.3, -0.25) is 9.59 Å². The summed E-state index contributed by atoms with van der Waals surface area (Å²) in [5, 5.41) is 2.99. The predicted molar refractivity (Wildman–Crippen MR) is 82.1 cm³/mol. The number of carbonyl (C=O) groups excluding carboxylic acids is 2. The van der Waals surface area contributed by atoms with Gasteiger partial charge >= 0.3 is 0 Å². The van der Waals surface area contributed by atoms with Gasteiger partial charge in [-0.25, -0.2) is 0 Å². The van der Waals surface area contributed by atoms with E-state index in [2.05, 4.69) is 11.4 Å². The van der Waals surface area contributed by atoms with Gasteiger partial charge in [-0.1, -0.05) is 31.0 Å². The van der Waals surface area contributed by atoms with Crippen LogP contribution in [0.2, 0.25) is 0 Å². The second-order valence-corrected chi connectivity index (χ2v) is 5.95. The fourth-order valence-corrected chi connectivity index (χ4v) is 3.36. The molecule has 4 nitrogen and oxygen atoms in total. The summed E-state index contributed by atoms with van der Waals surface area (Å²) in [6.45, 7) is 1.10. The van der Waals surface area contributed by atoms with Crippen molar-refractivity contribution in [2.24, 2.45) is 5.92 Å². The van der Waals surface area contributed by atoms with E-state index in [4.69, 9.17) is 0 Å². The number of nitrogens with zero attached hydrogens (tertiary/aromatic N) is 1. The number of anilines is 1. The Kier molecular flexibility index (Phi) is 4.23. The maximum Gasteiger partial charge on any atom is 0.227 e. The molecule has 1 aromatic rings. The molecule has 4 heteroatoms. The molecule has 1 aliphatic heterocycles. The summed E-state index contributed by atoms with van der Waals surface area (Å²) in [5.74, 6) is 0.503. The van der Waals surface area contributed by atoms with E-state index >= 15 is 0 Å². The average molecular weight is 286 g/mol. The van der Waals surface area contributed by atoms with Gasteiger partial charge in [-0.05, 0) is 30.9 Å². The van der Waals surface area contributed by atoms with Crippen LogP contribution in [0.5, 0.6) is 0 Å². The van der Waals surface area contributed by atoms with E-state index < -0.39 is 0 Å². The molecule has 0 bridgehead atoms. The Morgan fingerprint density at radius 2 is 1.95 bits per heavy atom. The largest absolute Gasteiger partial charge is 0.354 e. The third-order valence-electron chi connectivity index (χ3n) is 4.55. The molecule has 0 radical (unpaired) electrons. The van der Waals surface area contributed by atoms with Crippen LogP contribution in [0.15, 0.2) is 24.3 Å². The van der Waals surface area contributed by atoms with Crippen LogP contribution in [-0.2, 0) is 16.0 Å². The van der Waals surface area contributed by atoms with Crippen molar-refractivity contribution in [3.8, 4) is 0 Å². The average Bonchev–Trinajstić information content (AvgIpc) is 3.04. The fraction of sp³-hybridized carbons (Fsp3) is 0.529. The van der Waals surface area contributed by atoms with Gasteiger partial charge in [-0.15, -0.1) is 0 Å². The highest BCUT2D eigenvalue weighted by Crippen LogP contribution is 2.27. The number of hydrogen-bond acceptors (Lipinski definition) is 2. The summed E-state index contributed by atoms with van der Waals surface area (Å²) in [7, 11) is 0. The van der Waals surface area contributed by atoms with E-state index in [1.807, 2.05) is 23.1 Å². The fourth-order valence-electron chi connectivity index (χ4n) is 3.36. The maximum absolute atomic E-state index is 12.1. The highest BCUT2D eigenvalue weighted by Gasteiger charge is 2.25. The molecule has 2 aliphatic rings. The van der Waals surface area contributed by atoms with E-state index in [1.54, 1.807) is 0 Å². The smallest absolute Gasteiger partial charge is 0.227 e. The monoisotopic (exact) mass is 286 g/mol. The van der Waals surface area contributed by atoms with Crippen LogP contribution in [0.25, 0.3) is 0 Å². The van der Waals surface area contributed by atoms with Gasteiger partial charge in [0.15, 0.2) is 0 Å². The minimum atomic E-state index is 0.156. The van der Waals surface area contributed by atoms with E-state index in [-0.39, 0.29) is 17.7 Å². The zero-order chi connectivity index (χ0) is 14.7. The van der Waals surface area contributed by atoms with Crippen LogP contribution in [-0.4, -0.2) is 24.9 Å². The van der Waals surface area contributed by atoms with Crippen LogP contribution in [0.3, 0.4) is 0 Å². The van der Waals surface area contributed by atoms with Crippen LogP contribution in [0, 0.1) is 5.92 Å². The first-order valence-corrected chi connectivity index (χ1v) is 7.91. The van der Waals surface area contributed by atoms with Gasteiger partial charge in [0.1, 0.15) is 0 Å². The second-order valence-electron chi connectivity index (χ2n) is 5.95. The second kappa shape index (κ2) is 6.29. The Bertz CT molecular complexity index is 535. The van der Waals surface area contributed by atoms with Crippen LogP contribution in [0.1, 0.15) is 37.7 Å². The molecule has 0 unspecified atom stereocenters. The number of aryl methyl sites for hydroxylation is 1. The molecule has 1 aliphatic carbocycles. The number of carbonyl (C=O) groups is 2. The van der Waals surface area contributed by atoms with Crippen molar-refractivity contribution in [1.82, 2.24) is 5.32 Å². The number of para-hydroxylation sites is 1. The number of nitrogens with one attached hydrogen (secondary N) is 1. The Balaban J connectivity index is 1.57. The number of benzene rings is 1. The molecule has 3 rings (SSSR count).